The lowest BCUT2D eigenvalue weighted by Gasteiger charge is -2.26. The Morgan fingerprint density at radius 1 is 1.40 bits per heavy atom. The van der Waals surface area contributed by atoms with Crippen LogP contribution in [0.25, 0.3) is 11.1 Å². The van der Waals surface area contributed by atoms with Gasteiger partial charge < -0.3 is 5.32 Å². The predicted octanol–water partition coefficient (Wildman–Crippen LogP) is 3.94. The molecule has 2 heterocycles. The van der Waals surface area contributed by atoms with Crippen molar-refractivity contribution < 1.29 is 8.78 Å². The number of aryl methyl sites for hydroxylation is 1. The van der Waals surface area contributed by atoms with E-state index in [2.05, 4.69) is 17.3 Å². The van der Waals surface area contributed by atoms with Gasteiger partial charge >= 0.3 is 0 Å². The molecule has 5 heteroatoms. The number of aromatic nitrogens is 2. The van der Waals surface area contributed by atoms with Crippen molar-refractivity contribution in [3.8, 4) is 11.1 Å². The molecule has 1 aliphatic rings. The summed E-state index contributed by atoms with van der Waals surface area (Å²) in [5.41, 5.74) is 3.34. The van der Waals surface area contributed by atoms with Crippen molar-refractivity contribution in [2.75, 3.05) is 11.9 Å². The minimum absolute atomic E-state index is 0.0679. The Bertz CT molecular complexity index is 634. The van der Waals surface area contributed by atoms with Crippen molar-refractivity contribution >= 4 is 5.69 Å². The molecule has 0 saturated heterocycles. The van der Waals surface area contributed by atoms with E-state index in [1.807, 2.05) is 6.07 Å². The van der Waals surface area contributed by atoms with Crippen LogP contribution < -0.4 is 5.32 Å². The number of benzene rings is 1. The van der Waals surface area contributed by atoms with E-state index in [-0.39, 0.29) is 5.56 Å². The van der Waals surface area contributed by atoms with Crippen molar-refractivity contribution in [3.05, 3.63) is 35.7 Å². The second kappa shape index (κ2) is 4.89. The Morgan fingerprint density at radius 2 is 2.20 bits per heavy atom. The maximum Gasteiger partial charge on any atom is 0.264 e. The number of nitrogens with zero attached hydrogens (tertiary/aromatic N) is 2. The summed E-state index contributed by atoms with van der Waals surface area (Å²) in [5.74, 6) is 0.383. The second-order valence-electron chi connectivity index (χ2n) is 5.35. The van der Waals surface area contributed by atoms with Crippen LogP contribution in [0, 0.1) is 0 Å². The van der Waals surface area contributed by atoms with E-state index >= 15 is 0 Å². The summed E-state index contributed by atoms with van der Waals surface area (Å²) >= 11 is 0. The third kappa shape index (κ3) is 2.17. The summed E-state index contributed by atoms with van der Waals surface area (Å²) in [6.07, 6.45) is 1.94. The number of halogens is 2. The van der Waals surface area contributed by atoms with E-state index in [1.54, 1.807) is 30.2 Å². The zero-order valence-corrected chi connectivity index (χ0v) is 11.5. The zero-order valence-electron chi connectivity index (χ0n) is 11.5. The monoisotopic (exact) mass is 277 g/mol. The lowest BCUT2D eigenvalue weighted by molar-refractivity contribution is 0.152. The van der Waals surface area contributed by atoms with Crippen LogP contribution in [0.5, 0.6) is 0 Å². The first-order valence-electron chi connectivity index (χ1n) is 6.75. The topological polar surface area (TPSA) is 29.9 Å². The first kappa shape index (κ1) is 13.1. The maximum absolute atomic E-state index is 13.3. The van der Waals surface area contributed by atoms with E-state index in [0.29, 0.717) is 11.5 Å². The molecular formula is C15H17F2N3. The number of anilines is 1. The third-order valence-corrected chi connectivity index (χ3v) is 3.90. The number of alkyl halides is 2. The molecule has 0 aliphatic carbocycles. The van der Waals surface area contributed by atoms with E-state index in [1.165, 1.54) is 0 Å². The minimum atomic E-state index is -2.49. The van der Waals surface area contributed by atoms with Gasteiger partial charge in [-0.1, -0.05) is 6.92 Å². The van der Waals surface area contributed by atoms with Gasteiger partial charge in [0.25, 0.3) is 6.43 Å². The summed E-state index contributed by atoms with van der Waals surface area (Å²) in [5, 5.41) is 7.30. The molecule has 1 N–H and O–H groups in total. The van der Waals surface area contributed by atoms with Gasteiger partial charge in [0.05, 0.1) is 6.20 Å². The molecule has 0 radical (unpaired) electrons. The fourth-order valence-corrected chi connectivity index (χ4v) is 2.76. The van der Waals surface area contributed by atoms with Crippen molar-refractivity contribution in [1.29, 1.82) is 0 Å². The number of hydrogen-bond donors (Lipinski definition) is 1. The number of hydrogen-bond acceptors (Lipinski definition) is 2. The molecule has 106 valence electrons. The average Bonchev–Trinajstić information content (AvgIpc) is 2.84. The van der Waals surface area contributed by atoms with Crippen molar-refractivity contribution in [2.45, 2.75) is 25.7 Å². The quantitative estimate of drug-likeness (QED) is 0.901. The van der Waals surface area contributed by atoms with Gasteiger partial charge in [0.1, 0.15) is 0 Å². The van der Waals surface area contributed by atoms with Gasteiger partial charge in [-0.15, -0.1) is 0 Å². The lowest BCUT2D eigenvalue weighted by Crippen LogP contribution is -2.15. The van der Waals surface area contributed by atoms with Crippen molar-refractivity contribution in [3.63, 3.8) is 0 Å². The Kier molecular flexibility index (Phi) is 3.20. The Balaban J connectivity index is 2.18. The van der Waals surface area contributed by atoms with Crippen LogP contribution in [0.3, 0.4) is 0 Å². The highest BCUT2D eigenvalue weighted by atomic mass is 19.3. The highest BCUT2D eigenvalue weighted by Gasteiger charge is 2.23. The maximum atomic E-state index is 13.3. The minimum Gasteiger partial charge on any atom is -0.385 e. The van der Waals surface area contributed by atoms with Gasteiger partial charge in [0, 0.05) is 36.6 Å². The zero-order chi connectivity index (χ0) is 14.3. The van der Waals surface area contributed by atoms with Gasteiger partial charge in [0.2, 0.25) is 0 Å². The molecule has 1 aromatic carbocycles. The van der Waals surface area contributed by atoms with Crippen LogP contribution in [0.15, 0.2) is 24.5 Å². The number of rotatable bonds is 2. The molecule has 0 bridgehead atoms. The van der Waals surface area contributed by atoms with Gasteiger partial charge in [-0.2, -0.15) is 5.10 Å². The molecule has 0 saturated carbocycles. The Hall–Kier alpha value is -1.91. The smallest absolute Gasteiger partial charge is 0.264 e. The summed E-state index contributed by atoms with van der Waals surface area (Å²) in [7, 11) is 1.79. The molecule has 1 atom stereocenters. The molecule has 2 aromatic rings. The average molecular weight is 277 g/mol. The molecule has 3 nitrogen and oxygen atoms in total. The number of nitrogens with one attached hydrogen (secondary N) is 1. The fraction of sp³-hybridized carbons (Fsp3) is 0.400. The normalized spacial score (nSPS) is 17.9. The van der Waals surface area contributed by atoms with Gasteiger partial charge in [-0.25, -0.2) is 8.78 Å². The van der Waals surface area contributed by atoms with Crippen LogP contribution in [-0.2, 0) is 7.05 Å². The first-order valence-corrected chi connectivity index (χ1v) is 6.75. The molecule has 0 spiro atoms. The standard InChI is InChI=1S/C15H17F2N3/c1-9-3-4-18-14-6-13(15(16)17)12(5-11(9)14)10-7-19-20(2)8-10/h5-9,15,18H,3-4H2,1-2H3. The van der Waals surface area contributed by atoms with Crippen LogP contribution in [0.2, 0.25) is 0 Å². The predicted molar refractivity (Wildman–Crippen MR) is 75.1 cm³/mol. The largest absolute Gasteiger partial charge is 0.385 e. The van der Waals surface area contributed by atoms with E-state index in [9.17, 15) is 8.78 Å². The SMILES string of the molecule is CC1CCNc2cc(C(F)F)c(-c3cnn(C)c3)cc21. The molecule has 3 rings (SSSR count). The molecule has 20 heavy (non-hydrogen) atoms. The Morgan fingerprint density at radius 3 is 2.85 bits per heavy atom. The van der Waals surface area contributed by atoms with E-state index in [0.717, 1.165) is 29.8 Å². The molecule has 0 fully saturated rings. The highest BCUT2D eigenvalue weighted by molar-refractivity contribution is 5.73. The van der Waals surface area contributed by atoms with E-state index in [4.69, 9.17) is 0 Å². The van der Waals surface area contributed by atoms with Crippen molar-refractivity contribution in [1.82, 2.24) is 9.78 Å². The van der Waals surface area contributed by atoms with Crippen LogP contribution in [0.1, 0.15) is 36.8 Å². The molecule has 1 unspecified atom stereocenters. The third-order valence-electron chi connectivity index (χ3n) is 3.90. The van der Waals surface area contributed by atoms with E-state index < -0.39 is 6.43 Å². The molecule has 1 aromatic heterocycles. The van der Waals surface area contributed by atoms with Crippen molar-refractivity contribution in [2.24, 2.45) is 7.05 Å². The van der Waals surface area contributed by atoms with Crippen LogP contribution in [0.4, 0.5) is 14.5 Å². The molecular weight excluding hydrogens is 260 g/mol. The summed E-state index contributed by atoms with van der Waals surface area (Å²) < 4.78 is 28.3. The Labute approximate surface area is 116 Å². The summed E-state index contributed by atoms with van der Waals surface area (Å²) in [6, 6.07) is 3.49. The first-order chi connectivity index (χ1) is 9.56. The lowest BCUT2D eigenvalue weighted by atomic mass is 9.88. The fourth-order valence-electron chi connectivity index (χ4n) is 2.76. The summed E-state index contributed by atoms with van der Waals surface area (Å²) in [6.45, 7) is 2.97. The second-order valence-corrected chi connectivity index (χ2v) is 5.35. The van der Waals surface area contributed by atoms with Gasteiger partial charge in [-0.3, -0.25) is 4.68 Å². The van der Waals surface area contributed by atoms with Gasteiger partial charge in [0.15, 0.2) is 0 Å². The number of fused-ring (bicyclic) bond motifs is 1. The van der Waals surface area contributed by atoms with Crippen LogP contribution in [-0.4, -0.2) is 16.3 Å². The van der Waals surface area contributed by atoms with Gasteiger partial charge in [-0.05, 0) is 35.6 Å². The van der Waals surface area contributed by atoms with Crippen LogP contribution >= 0.6 is 0 Å². The molecule has 0 amide bonds. The summed E-state index contributed by atoms with van der Waals surface area (Å²) in [4.78, 5) is 0. The highest BCUT2D eigenvalue weighted by Crippen LogP contribution is 2.40. The molecule has 1 aliphatic heterocycles.